The highest BCUT2D eigenvalue weighted by molar-refractivity contribution is 4.89. The van der Waals surface area contributed by atoms with Crippen LogP contribution in [0.4, 0.5) is 0 Å². The van der Waals surface area contributed by atoms with Gasteiger partial charge in [0.1, 0.15) is 0 Å². The van der Waals surface area contributed by atoms with E-state index in [4.69, 9.17) is 0 Å². The molecule has 1 heteroatoms. The summed E-state index contributed by atoms with van der Waals surface area (Å²) < 4.78 is 0. The van der Waals surface area contributed by atoms with Crippen LogP contribution in [0.5, 0.6) is 0 Å². The highest BCUT2D eigenvalue weighted by Gasteiger charge is 2.34. The molecule has 0 aromatic heterocycles. The predicted molar refractivity (Wildman–Crippen MR) is 88.5 cm³/mol. The van der Waals surface area contributed by atoms with Gasteiger partial charge in [0.05, 0.1) is 0 Å². The first-order valence-electron chi connectivity index (χ1n) is 8.31. The maximum absolute atomic E-state index is 2.70. The Morgan fingerprint density at radius 3 is 1.47 bits per heavy atom. The van der Waals surface area contributed by atoms with Crippen LogP contribution in [0.2, 0.25) is 0 Å². The second-order valence-electron chi connectivity index (χ2n) is 7.94. The van der Waals surface area contributed by atoms with Crippen molar-refractivity contribution in [3.05, 3.63) is 0 Å². The van der Waals surface area contributed by atoms with E-state index in [1.165, 1.54) is 6.42 Å². The van der Waals surface area contributed by atoms with Crippen LogP contribution >= 0.6 is 0 Å². The third-order valence-electron chi connectivity index (χ3n) is 5.02. The molecule has 0 radical (unpaired) electrons. The molecule has 0 aliphatic carbocycles. The van der Waals surface area contributed by atoms with Gasteiger partial charge in [-0.05, 0) is 57.4 Å². The number of hydrogen-bond acceptors (Lipinski definition) is 1. The molecule has 0 heterocycles. The minimum absolute atomic E-state index is 0.289. The molecule has 1 unspecified atom stereocenters. The Hall–Kier alpha value is -0.0400. The molecule has 0 amide bonds. The highest BCUT2D eigenvalue weighted by atomic mass is 15.2. The van der Waals surface area contributed by atoms with E-state index in [-0.39, 0.29) is 5.54 Å². The summed E-state index contributed by atoms with van der Waals surface area (Å²) in [6.07, 6.45) is 1.30. The molecule has 0 rings (SSSR count). The minimum Gasteiger partial charge on any atom is -0.296 e. The second kappa shape index (κ2) is 7.67. The van der Waals surface area contributed by atoms with Crippen LogP contribution in [0.1, 0.15) is 75.7 Å². The molecule has 1 nitrogen and oxygen atoms in total. The average molecular weight is 270 g/mol. The Morgan fingerprint density at radius 2 is 1.21 bits per heavy atom. The van der Waals surface area contributed by atoms with E-state index in [0.29, 0.717) is 6.04 Å². The Kier molecular flexibility index (Phi) is 7.65. The molecule has 0 aromatic rings. The largest absolute Gasteiger partial charge is 0.296 e. The van der Waals surface area contributed by atoms with Crippen LogP contribution in [-0.2, 0) is 0 Å². The Balaban J connectivity index is 5.00. The summed E-state index contributed by atoms with van der Waals surface area (Å²) in [5, 5.41) is 0. The molecule has 0 fully saturated rings. The first kappa shape index (κ1) is 19.0. The third-order valence-corrected chi connectivity index (χ3v) is 5.02. The van der Waals surface area contributed by atoms with Gasteiger partial charge in [0, 0.05) is 11.6 Å². The smallest absolute Gasteiger partial charge is 0.0158 e. The van der Waals surface area contributed by atoms with Crippen LogP contribution in [0.3, 0.4) is 0 Å². The Labute approximate surface area is 123 Å². The zero-order chi connectivity index (χ0) is 15.4. The summed E-state index contributed by atoms with van der Waals surface area (Å²) in [6.45, 7) is 24.9. The monoisotopic (exact) mass is 269 g/mol. The number of hydrogen-bond donors (Lipinski definition) is 0. The van der Waals surface area contributed by atoms with Crippen LogP contribution in [0.25, 0.3) is 0 Å². The van der Waals surface area contributed by atoms with Gasteiger partial charge in [-0.1, -0.05) is 48.5 Å². The van der Waals surface area contributed by atoms with Gasteiger partial charge in [-0.3, -0.25) is 4.90 Å². The van der Waals surface area contributed by atoms with Crippen LogP contribution in [0, 0.1) is 23.7 Å². The molecule has 0 aromatic carbocycles. The fourth-order valence-corrected chi connectivity index (χ4v) is 3.56. The van der Waals surface area contributed by atoms with Gasteiger partial charge in [0.25, 0.3) is 0 Å². The summed E-state index contributed by atoms with van der Waals surface area (Å²) in [5.74, 6) is 3.07. The van der Waals surface area contributed by atoms with Crippen molar-refractivity contribution >= 4 is 0 Å². The standard InChI is InChI=1S/C18H39N/c1-11-19(16(8)13(2)3)18(9,10)12-17(14(4)5)15(6)7/h13-17H,11-12H2,1-10H3. The molecule has 0 bridgehead atoms. The van der Waals surface area contributed by atoms with E-state index in [1.807, 2.05) is 0 Å². The quantitative estimate of drug-likeness (QED) is 0.566. The van der Waals surface area contributed by atoms with Crippen molar-refractivity contribution in [2.75, 3.05) is 6.54 Å². The fourth-order valence-electron chi connectivity index (χ4n) is 3.56. The van der Waals surface area contributed by atoms with E-state index < -0.39 is 0 Å². The summed E-state index contributed by atoms with van der Waals surface area (Å²) in [4.78, 5) is 2.70. The number of rotatable bonds is 8. The Morgan fingerprint density at radius 1 is 0.789 bits per heavy atom. The maximum Gasteiger partial charge on any atom is 0.0158 e. The average Bonchev–Trinajstić information content (AvgIpc) is 2.25. The van der Waals surface area contributed by atoms with Gasteiger partial charge in [0.15, 0.2) is 0 Å². The third kappa shape index (κ3) is 5.45. The lowest BCUT2D eigenvalue weighted by Gasteiger charge is -2.46. The van der Waals surface area contributed by atoms with Crippen molar-refractivity contribution in [1.82, 2.24) is 4.90 Å². The van der Waals surface area contributed by atoms with E-state index in [9.17, 15) is 0 Å². The lowest BCUT2D eigenvalue weighted by Crippen LogP contribution is -2.52. The zero-order valence-electron chi connectivity index (χ0n) is 15.2. The van der Waals surface area contributed by atoms with Crippen LogP contribution < -0.4 is 0 Å². The second-order valence-corrected chi connectivity index (χ2v) is 7.94. The molecule has 0 aliphatic heterocycles. The highest BCUT2D eigenvalue weighted by Crippen LogP contribution is 2.34. The van der Waals surface area contributed by atoms with E-state index in [2.05, 4.69) is 74.1 Å². The van der Waals surface area contributed by atoms with E-state index in [0.717, 1.165) is 30.2 Å². The molecular weight excluding hydrogens is 230 g/mol. The van der Waals surface area contributed by atoms with E-state index >= 15 is 0 Å². The molecule has 1 atom stereocenters. The molecule has 116 valence electrons. The van der Waals surface area contributed by atoms with Gasteiger partial charge in [-0.25, -0.2) is 0 Å². The van der Waals surface area contributed by atoms with Crippen molar-refractivity contribution in [2.24, 2.45) is 23.7 Å². The Bertz CT molecular complexity index is 232. The van der Waals surface area contributed by atoms with Crippen molar-refractivity contribution in [3.8, 4) is 0 Å². The summed E-state index contributed by atoms with van der Waals surface area (Å²) >= 11 is 0. The first-order valence-corrected chi connectivity index (χ1v) is 8.31. The molecule has 0 spiro atoms. The van der Waals surface area contributed by atoms with E-state index in [1.54, 1.807) is 0 Å². The lowest BCUT2D eigenvalue weighted by atomic mass is 9.76. The van der Waals surface area contributed by atoms with Crippen LogP contribution in [-0.4, -0.2) is 23.0 Å². The van der Waals surface area contributed by atoms with Crippen molar-refractivity contribution in [1.29, 1.82) is 0 Å². The summed E-state index contributed by atoms with van der Waals surface area (Å²) in [6, 6.07) is 0.653. The molecule has 0 aliphatic rings. The van der Waals surface area contributed by atoms with Gasteiger partial charge in [-0.15, -0.1) is 0 Å². The van der Waals surface area contributed by atoms with Crippen molar-refractivity contribution in [3.63, 3.8) is 0 Å². The predicted octanol–water partition coefficient (Wildman–Crippen LogP) is 5.45. The molecule has 0 saturated heterocycles. The zero-order valence-corrected chi connectivity index (χ0v) is 15.2. The SMILES string of the molecule is CCN(C(C)C(C)C)C(C)(C)CC(C(C)C)C(C)C. The van der Waals surface area contributed by atoms with Gasteiger partial charge >= 0.3 is 0 Å². The van der Waals surface area contributed by atoms with Crippen molar-refractivity contribution in [2.45, 2.75) is 87.2 Å². The minimum atomic E-state index is 0.289. The lowest BCUT2D eigenvalue weighted by molar-refractivity contribution is 0.0284. The number of nitrogens with zero attached hydrogens (tertiary/aromatic N) is 1. The van der Waals surface area contributed by atoms with Crippen LogP contribution in [0.15, 0.2) is 0 Å². The first-order chi connectivity index (χ1) is 8.54. The summed E-state index contributed by atoms with van der Waals surface area (Å²) in [5.41, 5.74) is 0.289. The molecule has 0 saturated carbocycles. The normalized spacial score (nSPS) is 15.3. The summed E-state index contributed by atoms with van der Waals surface area (Å²) in [7, 11) is 0. The molecule has 19 heavy (non-hydrogen) atoms. The van der Waals surface area contributed by atoms with Gasteiger partial charge in [0.2, 0.25) is 0 Å². The topological polar surface area (TPSA) is 3.24 Å². The van der Waals surface area contributed by atoms with Gasteiger partial charge in [-0.2, -0.15) is 0 Å². The van der Waals surface area contributed by atoms with Gasteiger partial charge < -0.3 is 0 Å². The maximum atomic E-state index is 2.70. The molecular formula is C18H39N. The molecule has 0 N–H and O–H groups in total. The van der Waals surface area contributed by atoms with Crippen molar-refractivity contribution < 1.29 is 0 Å². The fraction of sp³-hybridized carbons (Fsp3) is 1.00.